The maximum absolute atomic E-state index is 12.9. The molecule has 0 saturated carbocycles. The first-order chi connectivity index (χ1) is 32.6. The van der Waals surface area contributed by atoms with Crippen LogP contribution < -0.4 is 55.7 Å². The van der Waals surface area contributed by atoms with Crippen LogP contribution in [0.1, 0.15) is 72.1 Å². The topological polar surface area (TPSA) is 368 Å². The molecule has 0 aliphatic rings. The predicted octanol–water partition coefficient (Wildman–Crippen LogP) is 4.69. The van der Waals surface area contributed by atoms with Gasteiger partial charge in [0.1, 0.15) is 11.6 Å². The molecule has 0 aromatic carbocycles. The quantitative estimate of drug-likeness (QED) is 0.0141. The average molecular weight is 1550 g/mol. The first-order valence-corrected chi connectivity index (χ1v) is 46.0. The Hall–Kier alpha value is 5.18. The van der Waals surface area contributed by atoms with Crippen molar-refractivity contribution < 1.29 is 127 Å². The number of amides is 4. The fourth-order valence-electron chi connectivity index (χ4n) is 5.15. The fraction of sp³-hybridized carbons (Fsp3) is 0.676. The van der Waals surface area contributed by atoms with Gasteiger partial charge in [-0.2, -0.15) is 0 Å². The van der Waals surface area contributed by atoms with Crippen LogP contribution in [0.3, 0.4) is 0 Å². The standard InChI is InChI=1S/C14H35N5O3P9.C11H27N5O2P5.C9H21N4OP2.3Y/c1-7(4-3-5-17-14(15)16)18-12(22)10(28-23)6-9(20)13(30(25)26)19-11(21)8(2)31(27)29-24;1-6(3-2-4-15-11(13)14)16-10(18)8(22-19)5-7(17)9(12)23(20)21;1-6(4-3-5-12-9(10)11)13-8(14)7(2)16-15;;;/h7-8,10,13,28-29H,2-6,23-27H2,1H3,(H,18,22)(H,19,21)(H4,15,16,17);6,8-9,12,22H,2-5,19-21H2,1H3,(H,16,18)(H4,13,14,15);6-7,16H,2-5,15H2,1H3,(H,13,14)(H4,10,11,12);;;/q3*-1;;;. The van der Waals surface area contributed by atoms with Gasteiger partial charge in [-0.15, -0.1) is 88.6 Å². The molecule has 0 fully saturated rings. The zero-order valence-corrected chi connectivity index (χ0v) is 67.5. The summed E-state index contributed by atoms with van der Waals surface area (Å²) >= 11 is 0. The van der Waals surface area contributed by atoms with Crippen molar-refractivity contribution >= 4 is 188 Å². The van der Waals surface area contributed by atoms with E-state index in [2.05, 4.69) is 130 Å². The molecule has 0 aromatic rings. The zero-order chi connectivity index (χ0) is 54.7. The van der Waals surface area contributed by atoms with Crippen LogP contribution in [0.25, 0.3) is 5.73 Å². The fourth-order valence-corrected chi connectivity index (χ4v) is 15.6. The summed E-state index contributed by atoms with van der Waals surface area (Å²) in [6, 6.07) is 0.0630. The molecule has 23 unspecified atom stereocenters. The third-order valence-electron chi connectivity index (χ3n) is 9.07. The number of Topliss-reactive ketones (excluding diaryl/α,β-unsaturated/α-hetero) is 2. The zero-order valence-electron chi connectivity index (χ0n) is 41.9. The van der Waals surface area contributed by atoms with Crippen LogP contribution in [0.15, 0.2) is 15.0 Å². The van der Waals surface area contributed by atoms with E-state index in [1.54, 1.807) is 0 Å². The Morgan fingerprint density at radius 3 is 1.18 bits per heavy atom. The Bertz CT molecular complexity index is 1660. The largest absolute Gasteiger partial charge is 0.664 e. The third-order valence-corrected chi connectivity index (χ3v) is 31.4. The SMILES string of the molecule is CC(CCCN=C(N)N)NC(=O)C(CC(=O)C([NH-])P(P)P)PP.[CH2-]C(C(=O)NC(C(=O)CC(PP)C(=O)NC(C)CCCN=C(N)N)P(P)P)P(P)PP.[CH2-]C(PP)C(=O)NC(C)CCCN=C(N)N.[Y].[Y].[Y]. The summed E-state index contributed by atoms with van der Waals surface area (Å²) in [5.74, 6) is -2.03. The molecule has 4 amide bonds. The number of hydrogen-bond donors (Lipinski definition) is 10. The summed E-state index contributed by atoms with van der Waals surface area (Å²) in [6.07, 6.45) is 4.89. The van der Waals surface area contributed by atoms with E-state index in [1.807, 2.05) is 20.8 Å². The molecule has 0 aromatic heterocycles. The minimum Gasteiger partial charge on any atom is -0.664 e. The number of nitrogens with two attached hydrogens (primary N) is 6. The van der Waals surface area contributed by atoms with Crippen LogP contribution in [-0.2, 0) is 127 Å². The van der Waals surface area contributed by atoms with Crippen LogP contribution in [0.4, 0.5) is 0 Å². The van der Waals surface area contributed by atoms with E-state index in [1.165, 1.54) is 0 Å². The van der Waals surface area contributed by atoms with Crippen molar-refractivity contribution in [2.24, 2.45) is 49.4 Å². The number of aliphatic imine (C=N–C) groups is 3. The van der Waals surface area contributed by atoms with Crippen molar-refractivity contribution in [3.8, 4) is 0 Å². The van der Waals surface area contributed by atoms with Crippen molar-refractivity contribution in [2.75, 3.05) is 19.6 Å². The van der Waals surface area contributed by atoms with E-state index in [4.69, 9.17) is 40.1 Å². The Kier molecular flexibility index (Phi) is 67.4. The molecule has 73 heavy (non-hydrogen) atoms. The molecule has 417 valence electrons. The first kappa shape index (κ1) is 89.4. The molecule has 20 nitrogen and oxygen atoms in total. The van der Waals surface area contributed by atoms with Gasteiger partial charge in [-0.25, -0.2) is 0 Å². The van der Waals surface area contributed by atoms with Crippen LogP contribution in [0, 0.1) is 13.8 Å². The van der Waals surface area contributed by atoms with Crippen molar-refractivity contribution in [2.45, 2.75) is 124 Å². The molecule has 0 aliphatic carbocycles. The van der Waals surface area contributed by atoms with Crippen LogP contribution in [0.2, 0.25) is 0 Å². The number of hydrogen-bond acceptors (Lipinski definition) is 9. The normalized spacial score (nSPS) is 15.2. The number of carbonyl (C=O) groups excluding carboxylic acids is 6. The van der Waals surface area contributed by atoms with Gasteiger partial charge in [-0.05, 0) is 72.4 Å². The minimum atomic E-state index is -0.918. The third kappa shape index (κ3) is 49.2. The Labute approximate surface area is 542 Å². The van der Waals surface area contributed by atoms with Gasteiger partial charge in [0.15, 0.2) is 35.5 Å². The van der Waals surface area contributed by atoms with Gasteiger partial charge in [-0.1, -0.05) is 50.4 Å². The summed E-state index contributed by atoms with van der Waals surface area (Å²) in [6.45, 7) is 15.1. The first-order valence-electron chi connectivity index (χ1n) is 21.4. The van der Waals surface area contributed by atoms with Gasteiger partial charge in [0.25, 0.3) is 0 Å². The van der Waals surface area contributed by atoms with Crippen molar-refractivity contribution in [3.63, 3.8) is 0 Å². The van der Waals surface area contributed by atoms with Crippen molar-refractivity contribution in [1.82, 2.24) is 21.3 Å². The smallest absolute Gasteiger partial charge is 0.228 e. The number of nitrogens with one attached hydrogen (secondary N) is 5. The second-order valence-corrected chi connectivity index (χ2v) is 44.5. The molecule has 0 spiro atoms. The van der Waals surface area contributed by atoms with Crippen LogP contribution in [-0.4, -0.2) is 125 Å². The monoisotopic (exact) mass is 1550 g/mol. The van der Waals surface area contributed by atoms with Crippen molar-refractivity contribution in [1.29, 1.82) is 0 Å². The van der Waals surface area contributed by atoms with Gasteiger partial charge >= 0.3 is 0 Å². The van der Waals surface area contributed by atoms with E-state index in [9.17, 15) is 28.8 Å². The summed E-state index contributed by atoms with van der Waals surface area (Å²) in [5.41, 5.74) is 37.9. The summed E-state index contributed by atoms with van der Waals surface area (Å²) < 4.78 is 0. The molecular weight excluding hydrogens is 1460 g/mol. The maximum atomic E-state index is 12.9. The molecule has 0 aliphatic heterocycles. The molecule has 0 saturated heterocycles. The summed E-state index contributed by atoms with van der Waals surface area (Å²) in [7, 11) is 22.2. The van der Waals surface area contributed by atoms with Crippen LogP contribution in [0.5, 0.6) is 0 Å². The number of rotatable bonds is 33. The average Bonchev–Trinajstić information content (AvgIpc) is 3.29. The molecular formula is C34H83N14O6P16Y3-3. The molecule has 23 atom stereocenters. The van der Waals surface area contributed by atoms with Gasteiger partial charge < -0.3 is 80.0 Å². The number of carbonyl (C=O) groups is 6. The van der Waals surface area contributed by atoms with E-state index in [0.717, 1.165) is 38.5 Å². The molecule has 39 heteroatoms. The number of ketones is 2. The number of nitrogens with zero attached hydrogens (tertiary/aromatic N) is 3. The Morgan fingerprint density at radius 1 is 0.548 bits per heavy atom. The number of guanidine groups is 3. The van der Waals surface area contributed by atoms with Crippen LogP contribution >= 0.6 is 135 Å². The van der Waals surface area contributed by atoms with Gasteiger partial charge in [0.05, 0.1) is 11.3 Å². The van der Waals surface area contributed by atoms with E-state index >= 15 is 0 Å². The van der Waals surface area contributed by atoms with E-state index < -0.39 is 44.8 Å². The molecule has 0 heterocycles. The molecule has 17 N–H and O–H groups in total. The Morgan fingerprint density at radius 2 is 0.890 bits per heavy atom. The second kappa shape index (κ2) is 55.1. The van der Waals surface area contributed by atoms with Gasteiger partial charge in [-0.3, -0.25) is 38.9 Å². The predicted molar refractivity (Wildman–Crippen MR) is 349 cm³/mol. The minimum absolute atomic E-state index is 0. The second-order valence-electron chi connectivity index (χ2n) is 15.3. The van der Waals surface area contributed by atoms with Gasteiger partial charge in [0.2, 0.25) is 11.8 Å². The molecule has 0 rings (SSSR count). The maximum Gasteiger partial charge on any atom is 0.228 e. The molecule has 0 bridgehead atoms. The van der Waals surface area contributed by atoms with Gasteiger partial charge in [0, 0.05) is 149 Å². The summed E-state index contributed by atoms with van der Waals surface area (Å²) in [5, 5.41) is 11.6. The van der Waals surface area contributed by atoms with Crippen molar-refractivity contribution in [3.05, 3.63) is 19.6 Å². The Balaban J connectivity index is -0.000000237. The van der Waals surface area contributed by atoms with E-state index in [-0.39, 0.29) is 210 Å². The molecule has 3 radical (unpaired) electrons. The summed E-state index contributed by atoms with van der Waals surface area (Å²) in [4.78, 5) is 85.6. The van der Waals surface area contributed by atoms with E-state index in [0.29, 0.717) is 35.9 Å².